The zero-order valence-corrected chi connectivity index (χ0v) is 6.06. The molecule has 0 aromatic heterocycles. The highest BCUT2D eigenvalue weighted by Gasteiger charge is 2.74. The van der Waals surface area contributed by atoms with Crippen LogP contribution in [-0.2, 0) is 0 Å². The summed E-state index contributed by atoms with van der Waals surface area (Å²) in [5.74, 6) is 3.52. The standard InChI is InChI=1S/C9H14/c1-6-8-5-7-3-2-4-9(6,7)8/h6-8H,2-5H2,1H3. The van der Waals surface area contributed by atoms with Gasteiger partial charge in [-0.3, -0.25) is 0 Å². The maximum Gasteiger partial charge on any atom is -0.0209 e. The molecule has 0 aromatic rings. The maximum absolute atomic E-state index is 2.47. The molecule has 4 atom stereocenters. The average molecular weight is 122 g/mol. The van der Waals surface area contributed by atoms with E-state index in [1.54, 1.807) is 25.7 Å². The van der Waals surface area contributed by atoms with Gasteiger partial charge in [0.1, 0.15) is 0 Å². The first kappa shape index (κ1) is 4.76. The van der Waals surface area contributed by atoms with E-state index in [0.717, 1.165) is 11.3 Å². The largest absolute Gasteiger partial charge is 0.0617 e. The molecule has 3 rings (SSSR count). The zero-order chi connectivity index (χ0) is 6.06. The van der Waals surface area contributed by atoms with E-state index in [1.807, 2.05) is 0 Å². The Bertz CT molecular complexity index is 155. The Hall–Kier alpha value is 0. The lowest BCUT2D eigenvalue weighted by molar-refractivity contribution is 0.196. The molecular weight excluding hydrogens is 108 g/mol. The van der Waals surface area contributed by atoms with Crippen LogP contribution in [0.25, 0.3) is 0 Å². The minimum Gasteiger partial charge on any atom is -0.0617 e. The fourth-order valence-electron chi connectivity index (χ4n) is 3.88. The van der Waals surface area contributed by atoms with E-state index in [1.165, 1.54) is 11.8 Å². The molecule has 0 amide bonds. The first-order valence-corrected chi connectivity index (χ1v) is 4.36. The molecule has 0 aliphatic heterocycles. The SMILES string of the molecule is CC1C2CC3CCCC312. The Morgan fingerprint density at radius 1 is 1.44 bits per heavy atom. The predicted molar refractivity (Wildman–Crippen MR) is 37.0 cm³/mol. The summed E-state index contributed by atoms with van der Waals surface area (Å²) in [7, 11) is 0. The van der Waals surface area contributed by atoms with Gasteiger partial charge >= 0.3 is 0 Å². The Morgan fingerprint density at radius 3 is 2.78 bits per heavy atom. The average Bonchev–Trinajstić information content (AvgIpc) is 2.16. The number of rotatable bonds is 0. The van der Waals surface area contributed by atoms with Gasteiger partial charge < -0.3 is 0 Å². The van der Waals surface area contributed by atoms with Crippen molar-refractivity contribution in [1.29, 1.82) is 0 Å². The van der Waals surface area contributed by atoms with Crippen molar-refractivity contribution in [2.45, 2.75) is 32.6 Å². The predicted octanol–water partition coefficient (Wildman–Crippen LogP) is 2.44. The Morgan fingerprint density at radius 2 is 2.33 bits per heavy atom. The van der Waals surface area contributed by atoms with Crippen molar-refractivity contribution in [3.8, 4) is 0 Å². The van der Waals surface area contributed by atoms with E-state index in [2.05, 4.69) is 6.92 Å². The van der Waals surface area contributed by atoms with Crippen molar-refractivity contribution in [2.75, 3.05) is 0 Å². The van der Waals surface area contributed by atoms with Crippen LogP contribution in [0, 0.1) is 23.2 Å². The van der Waals surface area contributed by atoms with Crippen molar-refractivity contribution in [3.05, 3.63) is 0 Å². The third kappa shape index (κ3) is 0.300. The second kappa shape index (κ2) is 1.09. The molecule has 0 heteroatoms. The van der Waals surface area contributed by atoms with Gasteiger partial charge in [0.25, 0.3) is 0 Å². The van der Waals surface area contributed by atoms with E-state index in [-0.39, 0.29) is 0 Å². The minimum atomic E-state index is 0.958. The lowest BCUT2D eigenvalue weighted by atomic mass is 9.76. The number of hydrogen-bond donors (Lipinski definition) is 0. The van der Waals surface area contributed by atoms with Crippen molar-refractivity contribution in [2.24, 2.45) is 23.2 Å². The van der Waals surface area contributed by atoms with Crippen LogP contribution < -0.4 is 0 Å². The van der Waals surface area contributed by atoms with E-state index in [4.69, 9.17) is 0 Å². The first-order valence-electron chi connectivity index (χ1n) is 4.36. The van der Waals surface area contributed by atoms with Crippen LogP contribution in [0.1, 0.15) is 32.6 Å². The van der Waals surface area contributed by atoms with Crippen LogP contribution in [-0.4, -0.2) is 0 Å². The van der Waals surface area contributed by atoms with Gasteiger partial charge in [0.05, 0.1) is 0 Å². The highest BCUT2D eigenvalue weighted by molar-refractivity contribution is 5.22. The molecule has 0 heterocycles. The van der Waals surface area contributed by atoms with E-state index >= 15 is 0 Å². The highest BCUT2D eigenvalue weighted by atomic mass is 14.8. The Kier molecular flexibility index (Phi) is 0.574. The summed E-state index contributed by atoms with van der Waals surface area (Å²) in [5.41, 5.74) is 0.958. The molecule has 0 N–H and O–H groups in total. The lowest BCUT2D eigenvalue weighted by Gasteiger charge is -2.29. The lowest BCUT2D eigenvalue weighted by Crippen LogP contribution is -2.22. The molecule has 1 spiro atoms. The van der Waals surface area contributed by atoms with Crippen LogP contribution >= 0.6 is 0 Å². The molecule has 0 saturated heterocycles. The topological polar surface area (TPSA) is 0 Å². The normalized spacial score (nSPS) is 68.3. The molecular formula is C9H14. The second-order valence-corrected chi connectivity index (χ2v) is 4.33. The third-order valence-electron chi connectivity index (χ3n) is 4.49. The summed E-state index contributed by atoms with van der Waals surface area (Å²) >= 11 is 0. The second-order valence-electron chi connectivity index (χ2n) is 4.33. The summed E-state index contributed by atoms with van der Waals surface area (Å²) < 4.78 is 0. The zero-order valence-electron chi connectivity index (χ0n) is 6.06. The van der Waals surface area contributed by atoms with Crippen molar-refractivity contribution in [1.82, 2.24) is 0 Å². The summed E-state index contributed by atoms with van der Waals surface area (Å²) in [4.78, 5) is 0. The van der Waals surface area contributed by atoms with Crippen LogP contribution in [0.15, 0.2) is 0 Å². The van der Waals surface area contributed by atoms with Crippen molar-refractivity contribution < 1.29 is 0 Å². The summed E-state index contributed by atoms with van der Waals surface area (Å²) in [5, 5.41) is 0. The molecule has 50 valence electrons. The molecule has 0 nitrogen and oxygen atoms in total. The minimum absolute atomic E-state index is 0.958. The van der Waals surface area contributed by atoms with Crippen molar-refractivity contribution >= 4 is 0 Å². The van der Waals surface area contributed by atoms with Gasteiger partial charge in [0.2, 0.25) is 0 Å². The Balaban J connectivity index is 1.99. The molecule has 4 unspecified atom stereocenters. The van der Waals surface area contributed by atoms with Crippen LogP contribution in [0.5, 0.6) is 0 Å². The highest BCUT2D eigenvalue weighted by Crippen LogP contribution is 2.80. The molecule has 3 saturated carbocycles. The molecule has 0 bridgehead atoms. The fourth-order valence-corrected chi connectivity index (χ4v) is 3.88. The molecule has 3 fully saturated rings. The van der Waals surface area contributed by atoms with Gasteiger partial charge in [0.15, 0.2) is 0 Å². The van der Waals surface area contributed by atoms with Gasteiger partial charge in [-0.1, -0.05) is 13.3 Å². The van der Waals surface area contributed by atoms with Gasteiger partial charge in [-0.2, -0.15) is 0 Å². The summed E-state index contributed by atoms with van der Waals surface area (Å²) in [6, 6.07) is 0. The third-order valence-corrected chi connectivity index (χ3v) is 4.49. The molecule has 0 radical (unpaired) electrons. The van der Waals surface area contributed by atoms with Gasteiger partial charge in [0, 0.05) is 0 Å². The smallest absolute Gasteiger partial charge is 0.0209 e. The molecule has 0 aromatic carbocycles. The van der Waals surface area contributed by atoms with Crippen LogP contribution in [0.3, 0.4) is 0 Å². The monoisotopic (exact) mass is 122 g/mol. The fraction of sp³-hybridized carbons (Fsp3) is 1.00. The first-order chi connectivity index (χ1) is 4.36. The van der Waals surface area contributed by atoms with E-state index < -0.39 is 0 Å². The number of hydrogen-bond acceptors (Lipinski definition) is 0. The van der Waals surface area contributed by atoms with Gasteiger partial charge in [-0.05, 0) is 42.4 Å². The summed E-state index contributed by atoms with van der Waals surface area (Å²) in [6.45, 7) is 2.47. The van der Waals surface area contributed by atoms with E-state index in [9.17, 15) is 0 Å². The van der Waals surface area contributed by atoms with Gasteiger partial charge in [-0.25, -0.2) is 0 Å². The Labute approximate surface area is 56.6 Å². The van der Waals surface area contributed by atoms with Crippen molar-refractivity contribution in [3.63, 3.8) is 0 Å². The van der Waals surface area contributed by atoms with Crippen LogP contribution in [0.2, 0.25) is 0 Å². The molecule has 3 aliphatic rings. The van der Waals surface area contributed by atoms with Crippen LogP contribution in [0.4, 0.5) is 0 Å². The summed E-state index contributed by atoms with van der Waals surface area (Å²) in [6.07, 6.45) is 6.30. The van der Waals surface area contributed by atoms with E-state index in [0.29, 0.717) is 0 Å². The van der Waals surface area contributed by atoms with Gasteiger partial charge in [-0.15, -0.1) is 0 Å². The maximum atomic E-state index is 2.47. The molecule has 9 heavy (non-hydrogen) atoms. The quantitative estimate of drug-likeness (QED) is 0.463. The molecule has 3 aliphatic carbocycles.